The minimum atomic E-state index is 0. The van der Waals surface area contributed by atoms with Gasteiger partial charge in [0, 0.05) is 44.5 Å². The molecule has 1 amide bonds. The number of guanidine groups is 1. The molecule has 1 unspecified atom stereocenters. The Balaban J connectivity index is 0.00000256. The number of anilines is 1. The minimum Gasteiger partial charge on any atom is -0.472 e. The highest BCUT2D eigenvalue weighted by Gasteiger charge is 2.28. The first-order valence-electron chi connectivity index (χ1n) is 10.2. The number of carbonyl (C=O) groups excluding carboxylic acids is 1. The molecule has 30 heavy (non-hydrogen) atoms. The van der Waals surface area contributed by atoms with E-state index in [4.69, 9.17) is 4.74 Å². The van der Waals surface area contributed by atoms with E-state index in [1.165, 1.54) is 5.56 Å². The van der Waals surface area contributed by atoms with Gasteiger partial charge < -0.3 is 19.9 Å². The van der Waals surface area contributed by atoms with E-state index in [0.717, 1.165) is 50.5 Å². The lowest BCUT2D eigenvalue weighted by Crippen LogP contribution is -2.47. The maximum absolute atomic E-state index is 12.9. The van der Waals surface area contributed by atoms with E-state index < -0.39 is 0 Å². The highest BCUT2D eigenvalue weighted by Crippen LogP contribution is 2.26. The molecule has 160 valence electrons. The van der Waals surface area contributed by atoms with E-state index in [1.54, 1.807) is 13.2 Å². The second-order valence-electron chi connectivity index (χ2n) is 7.32. The summed E-state index contributed by atoms with van der Waals surface area (Å²) in [6, 6.07) is 13.8. The number of aromatic nitrogens is 1. The molecule has 1 atom stereocenters. The fourth-order valence-electron chi connectivity index (χ4n) is 3.98. The zero-order valence-corrected chi connectivity index (χ0v) is 19.5. The van der Waals surface area contributed by atoms with Crippen molar-refractivity contribution in [3.63, 3.8) is 0 Å². The Morgan fingerprint density at radius 2 is 2.07 bits per heavy atom. The van der Waals surface area contributed by atoms with Gasteiger partial charge in [-0.1, -0.05) is 24.3 Å². The van der Waals surface area contributed by atoms with Crippen LogP contribution in [0.25, 0.3) is 0 Å². The number of aryl methyl sites for hydroxylation is 1. The van der Waals surface area contributed by atoms with Crippen LogP contribution in [0.5, 0.6) is 5.88 Å². The Hall–Kier alpha value is -2.36. The quantitative estimate of drug-likeness (QED) is 0.381. The zero-order chi connectivity index (χ0) is 20.1. The Kier molecular flexibility index (Phi) is 7.89. The predicted molar refractivity (Wildman–Crippen MR) is 129 cm³/mol. The van der Waals surface area contributed by atoms with Gasteiger partial charge in [-0.3, -0.25) is 9.79 Å². The van der Waals surface area contributed by atoms with Gasteiger partial charge in [0.2, 0.25) is 11.8 Å². The maximum atomic E-state index is 12.9. The lowest BCUT2D eigenvalue weighted by molar-refractivity contribution is -0.117. The van der Waals surface area contributed by atoms with Gasteiger partial charge >= 0.3 is 0 Å². The summed E-state index contributed by atoms with van der Waals surface area (Å²) in [4.78, 5) is 25.5. The summed E-state index contributed by atoms with van der Waals surface area (Å²) in [6.07, 6.45) is 4.71. The number of para-hydroxylation sites is 1. The number of carbonyl (C=O) groups is 1. The number of ether oxygens (including phenoxy) is 1. The van der Waals surface area contributed by atoms with E-state index in [2.05, 4.69) is 26.3 Å². The Bertz CT molecular complexity index is 877. The van der Waals surface area contributed by atoms with Crippen molar-refractivity contribution in [1.29, 1.82) is 0 Å². The maximum Gasteiger partial charge on any atom is 0.246 e. The molecule has 2 aliphatic rings. The summed E-state index contributed by atoms with van der Waals surface area (Å²) in [7, 11) is 1.75. The van der Waals surface area contributed by atoms with Crippen LogP contribution in [-0.4, -0.2) is 61.1 Å². The van der Waals surface area contributed by atoms with Crippen molar-refractivity contribution in [3.8, 4) is 5.88 Å². The summed E-state index contributed by atoms with van der Waals surface area (Å²) in [5, 5.41) is 3.24. The second-order valence-corrected chi connectivity index (χ2v) is 7.32. The van der Waals surface area contributed by atoms with Crippen LogP contribution in [0.2, 0.25) is 0 Å². The average molecular weight is 521 g/mol. The van der Waals surface area contributed by atoms with Crippen LogP contribution in [0.15, 0.2) is 53.7 Å². The average Bonchev–Trinajstić information content (AvgIpc) is 3.22. The number of likely N-dealkylation sites (tertiary alicyclic amines) is 1. The predicted octanol–water partition coefficient (Wildman–Crippen LogP) is 2.71. The van der Waals surface area contributed by atoms with Gasteiger partial charge in [-0.2, -0.15) is 0 Å². The van der Waals surface area contributed by atoms with Crippen molar-refractivity contribution in [3.05, 3.63) is 54.2 Å². The molecule has 0 aliphatic carbocycles. The van der Waals surface area contributed by atoms with Gasteiger partial charge in [0.1, 0.15) is 6.10 Å². The van der Waals surface area contributed by atoms with Crippen LogP contribution in [-0.2, 0) is 11.2 Å². The molecule has 1 aromatic carbocycles. The number of benzene rings is 1. The molecule has 7 nitrogen and oxygen atoms in total. The third-order valence-corrected chi connectivity index (χ3v) is 5.39. The first-order chi connectivity index (χ1) is 14.2. The number of nitrogens with one attached hydrogen (secondary N) is 1. The monoisotopic (exact) mass is 521 g/mol. The normalized spacial score (nSPS) is 18.4. The smallest absolute Gasteiger partial charge is 0.246 e. The van der Waals surface area contributed by atoms with Crippen LogP contribution in [0.1, 0.15) is 18.4 Å². The van der Waals surface area contributed by atoms with Gasteiger partial charge in [-0.05, 0) is 30.5 Å². The minimum absolute atomic E-state index is 0. The zero-order valence-electron chi connectivity index (χ0n) is 17.2. The van der Waals surface area contributed by atoms with Gasteiger partial charge in [0.25, 0.3) is 0 Å². The van der Waals surface area contributed by atoms with Crippen LogP contribution >= 0.6 is 24.0 Å². The van der Waals surface area contributed by atoms with Gasteiger partial charge in [0.15, 0.2) is 5.96 Å². The summed E-state index contributed by atoms with van der Waals surface area (Å²) in [6.45, 7) is 2.54. The third kappa shape index (κ3) is 5.21. The van der Waals surface area contributed by atoms with Crippen molar-refractivity contribution < 1.29 is 9.53 Å². The van der Waals surface area contributed by atoms with Crippen LogP contribution < -0.4 is 15.0 Å². The van der Waals surface area contributed by atoms with E-state index in [1.807, 2.05) is 41.3 Å². The fourth-order valence-corrected chi connectivity index (χ4v) is 3.98. The summed E-state index contributed by atoms with van der Waals surface area (Å²) >= 11 is 0. The van der Waals surface area contributed by atoms with E-state index in [0.29, 0.717) is 5.88 Å². The van der Waals surface area contributed by atoms with Crippen molar-refractivity contribution in [2.24, 2.45) is 4.99 Å². The Morgan fingerprint density at radius 3 is 2.87 bits per heavy atom. The highest BCUT2D eigenvalue weighted by molar-refractivity contribution is 14.0. The SMILES string of the molecule is CN=C(NCC(=O)N1CCCc2ccccc21)N1CCC(Oc2ccccn2)C1.I. The molecule has 0 radical (unpaired) electrons. The van der Waals surface area contributed by atoms with Gasteiger partial charge in [-0.25, -0.2) is 4.98 Å². The van der Waals surface area contributed by atoms with Crippen molar-refractivity contribution in [2.45, 2.75) is 25.4 Å². The molecule has 8 heteroatoms. The van der Waals surface area contributed by atoms with E-state index in [-0.39, 0.29) is 42.5 Å². The standard InChI is InChI=1S/C22H27N5O2.HI/c1-23-22(26-14-11-18(16-26)29-20-10-4-5-12-24-20)25-15-21(28)27-13-6-8-17-7-2-3-9-19(17)27;/h2-5,7,9-10,12,18H,6,8,11,13-16H2,1H3,(H,23,25);1H. The molecule has 0 spiro atoms. The molecule has 0 saturated carbocycles. The van der Waals surface area contributed by atoms with Crippen LogP contribution in [0, 0.1) is 0 Å². The van der Waals surface area contributed by atoms with Gasteiger partial charge in [0.05, 0.1) is 13.1 Å². The molecule has 1 fully saturated rings. The summed E-state index contributed by atoms with van der Waals surface area (Å²) in [5.74, 6) is 1.44. The molecule has 3 heterocycles. The third-order valence-electron chi connectivity index (χ3n) is 5.39. The molecule has 0 bridgehead atoms. The molecule has 1 N–H and O–H groups in total. The topological polar surface area (TPSA) is 70.1 Å². The van der Waals surface area contributed by atoms with Crippen LogP contribution in [0.3, 0.4) is 0 Å². The fraction of sp³-hybridized carbons (Fsp3) is 0.409. The number of aliphatic imine (C=N–C) groups is 1. The first-order valence-corrected chi connectivity index (χ1v) is 10.2. The second kappa shape index (κ2) is 10.6. The number of hydrogen-bond donors (Lipinski definition) is 1. The lowest BCUT2D eigenvalue weighted by Gasteiger charge is -2.30. The number of halogens is 1. The van der Waals surface area contributed by atoms with Crippen molar-refractivity contribution in [2.75, 3.05) is 38.1 Å². The largest absolute Gasteiger partial charge is 0.472 e. The number of nitrogens with zero attached hydrogens (tertiary/aromatic N) is 4. The van der Waals surface area contributed by atoms with E-state index in [9.17, 15) is 4.79 Å². The molecule has 1 aromatic heterocycles. The molecule has 4 rings (SSSR count). The molecule has 1 saturated heterocycles. The summed E-state index contributed by atoms with van der Waals surface area (Å²) in [5.41, 5.74) is 2.27. The molecule has 2 aliphatic heterocycles. The first kappa shape index (κ1) is 22.3. The van der Waals surface area contributed by atoms with Crippen molar-refractivity contribution in [1.82, 2.24) is 15.2 Å². The number of amides is 1. The van der Waals surface area contributed by atoms with Gasteiger partial charge in [-0.15, -0.1) is 24.0 Å². The number of rotatable bonds is 4. The lowest BCUT2D eigenvalue weighted by atomic mass is 10.0. The Morgan fingerprint density at radius 1 is 1.23 bits per heavy atom. The van der Waals surface area contributed by atoms with Crippen LogP contribution in [0.4, 0.5) is 5.69 Å². The van der Waals surface area contributed by atoms with E-state index >= 15 is 0 Å². The molecular formula is C22H28IN5O2. The number of pyridine rings is 1. The summed E-state index contributed by atoms with van der Waals surface area (Å²) < 4.78 is 5.95. The number of hydrogen-bond acceptors (Lipinski definition) is 4. The highest BCUT2D eigenvalue weighted by atomic mass is 127. The molecular weight excluding hydrogens is 493 g/mol. The molecule has 2 aromatic rings. The Labute approximate surface area is 194 Å². The van der Waals surface area contributed by atoms with Crippen molar-refractivity contribution >= 4 is 41.5 Å². The number of fused-ring (bicyclic) bond motifs is 1.